The van der Waals surface area contributed by atoms with E-state index in [1.54, 1.807) is 13.8 Å². The predicted molar refractivity (Wildman–Crippen MR) is 112 cm³/mol. The Morgan fingerprint density at radius 2 is 1.94 bits per heavy atom. The van der Waals surface area contributed by atoms with Crippen LogP contribution >= 0.6 is 0 Å². The quantitative estimate of drug-likeness (QED) is 0.662. The number of rotatable bonds is 4. The maximum absolute atomic E-state index is 13.0. The average molecular weight is 435 g/mol. The number of nitrogens with one attached hydrogen (secondary N) is 1. The minimum Gasteiger partial charge on any atom is -0.388 e. The normalized spacial score (nSPS) is 30.8. The minimum atomic E-state index is -0.896. The Morgan fingerprint density at radius 3 is 2.58 bits per heavy atom. The van der Waals surface area contributed by atoms with Gasteiger partial charge in [-0.3, -0.25) is 4.79 Å². The van der Waals surface area contributed by atoms with Crippen molar-refractivity contribution in [2.45, 2.75) is 89.7 Å². The van der Waals surface area contributed by atoms with Crippen LogP contribution in [0.15, 0.2) is 15.9 Å². The lowest BCUT2D eigenvalue weighted by Crippen LogP contribution is -2.49. The van der Waals surface area contributed by atoms with Crippen LogP contribution in [0.3, 0.4) is 0 Å². The summed E-state index contributed by atoms with van der Waals surface area (Å²) in [6.07, 6.45) is 5.56. The molecule has 0 aromatic carbocycles. The lowest BCUT2D eigenvalue weighted by atomic mass is 9.94. The molecule has 3 aliphatic rings. The van der Waals surface area contributed by atoms with Gasteiger partial charge in [-0.25, -0.2) is 0 Å². The summed E-state index contributed by atoms with van der Waals surface area (Å²) in [5.74, 6) is 0.0990. The molecule has 2 fully saturated rings. The Labute approximate surface area is 183 Å². The number of aliphatic hydroxyl groups excluding tert-OH is 1. The van der Waals surface area contributed by atoms with Crippen LogP contribution in [-0.2, 0) is 4.74 Å². The number of carbonyl (C=O) groups is 1. The molecule has 3 N–H and O–H groups in total. The lowest BCUT2D eigenvalue weighted by molar-refractivity contribution is -0.117. The number of hydrogen-bond donors (Lipinski definition) is 3. The molecule has 1 amide bonds. The Kier molecular flexibility index (Phi) is 6.13. The van der Waals surface area contributed by atoms with Crippen molar-refractivity contribution >= 4 is 5.91 Å². The van der Waals surface area contributed by atoms with Crippen LogP contribution in [-0.4, -0.2) is 62.8 Å². The van der Waals surface area contributed by atoms with E-state index < -0.39 is 17.7 Å². The summed E-state index contributed by atoms with van der Waals surface area (Å²) in [7, 11) is 1.92. The summed E-state index contributed by atoms with van der Waals surface area (Å²) in [6, 6.07) is 0.263. The van der Waals surface area contributed by atoms with Crippen molar-refractivity contribution in [2.75, 3.05) is 13.7 Å². The van der Waals surface area contributed by atoms with Gasteiger partial charge in [0.15, 0.2) is 17.7 Å². The first-order valence-electron chi connectivity index (χ1n) is 11.2. The zero-order chi connectivity index (χ0) is 22.3. The third-order valence-electron chi connectivity index (χ3n) is 6.94. The molecule has 31 heavy (non-hydrogen) atoms. The van der Waals surface area contributed by atoms with Gasteiger partial charge in [0.05, 0.1) is 17.9 Å². The van der Waals surface area contributed by atoms with Gasteiger partial charge < -0.3 is 29.8 Å². The van der Waals surface area contributed by atoms with Crippen molar-refractivity contribution in [3.8, 4) is 0 Å². The standard InChI is InChI=1S/C22H34N4O5/c1-13-17(24-31-19(13)16-10-11-22(3,29)12-30-16)20(27)23-18-14(2)25(4)26(21(18)28)15-8-6-5-7-9-15/h15-16,21,28-29H,5-12H2,1-4H3,(H,23,27)/t16-,21?,22-/m0/s1. The number of aromatic nitrogens is 1. The summed E-state index contributed by atoms with van der Waals surface area (Å²) in [4.78, 5) is 13.0. The van der Waals surface area contributed by atoms with Gasteiger partial charge in [0.1, 0.15) is 6.10 Å². The monoisotopic (exact) mass is 434 g/mol. The third kappa shape index (κ3) is 4.24. The minimum absolute atomic E-state index is 0.183. The van der Waals surface area contributed by atoms with Crippen LogP contribution in [0.4, 0.5) is 0 Å². The van der Waals surface area contributed by atoms with Crippen molar-refractivity contribution in [3.63, 3.8) is 0 Å². The number of ether oxygens (including phenoxy) is 1. The fourth-order valence-corrected chi connectivity index (χ4v) is 4.90. The van der Waals surface area contributed by atoms with Crippen LogP contribution in [0.2, 0.25) is 0 Å². The maximum Gasteiger partial charge on any atom is 0.278 e. The molecule has 0 radical (unpaired) electrons. The predicted octanol–water partition coefficient (Wildman–Crippen LogP) is 2.36. The average Bonchev–Trinajstić information content (AvgIpc) is 3.22. The highest BCUT2D eigenvalue weighted by Crippen LogP contribution is 2.36. The van der Waals surface area contributed by atoms with Gasteiger partial charge in [0.25, 0.3) is 5.91 Å². The third-order valence-corrected chi connectivity index (χ3v) is 6.94. The molecule has 3 atom stereocenters. The Bertz CT molecular complexity index is 848. The fourth-order valence-electron chi connectivity index (χ4n) is 4.90. The molecule has 1 aromatic rings. The molecular weight excluding hydrogens is 400 g/mol. The van der Waals surface area contributed by atoms with E-state index in [1.165, 1.54) is 6.42 Å². The molecule has 1 unspecified atom stereocenters. The highest BCUT2D eigenvalue weighted by molar-refractivity contribution is 5.95. The summed E-state index contributed by atoms with van der Waals surface area (Å²) in [5, 5.41) is 31.8. The first-order chi connectivity index (χ1) is 14.7. The number of hydrogen-bond acceptors (Lipinski definition) is 8. The molecule has 1 aliphatic carbocycles. The topological polar surface area (TPSA) is 111 Å². The molecular formula is C22H34N4O5. The van der Waals surface area contributed by atoms with Gasteiger partial charge in [-0.15, -0.1) is 0 Å². The van der Waals surface area contributed by atoms with E-state index in [-0.39, 0.29) is 24.4 Å². The van der Waals surface area contributed by atoms with Gasteiger partial charge in [-0.05, 0) is 46.5 Å². The number of amides is 1. The summed E-state index contributed by atoms with van der Waals surface area (Å²) >= 11 is 0. The number of aliphatic hydroxyl groups is 2. The van der Waals surface area contributed by atoms with Crippen molar-refractivity contribution in [1.29, 1.82) is 0 Å². The second-order valence-electron chi connectivity index (χ2n) is 9.38. The molecule has 0 spiro atoms. The second kappa shape index (κ2) is 8.54. The van der Waals surface area contributed by atoms with Gasteiger partial charge in [0.2, 0.25) is 0 Å². The molecule has 4 rings (SSSR count). The fraction of sp³-hybridized carbons (Fsp3) is 0.727. The van der Waals surface area contributed by atoms with E-state index in [9.17, 15) is 15.0 Å². The first-order valence-corrected chi connectivity index (χ1v) is 11.2. The summed E-state index contributed by atoms with van der Waals surface area (Å²) in [5.41, 5.74) is 1.25. The summed E-state index contributed by atoms with van der Waals surface area (Å²) in [6.45, 7) is 5.63. The molecule has 0 bridgehead atoms. The zero-order valence-electron chi connectivity index (χ0n) is 18.8. The molecule has 9 heteroatoms. The Morgan fingerprint density at radius 1 is 1.23 bits per heavy atom. The van der Waals surface area contributed by atoms with Crippen molar-refractivity contribution < 1.29 is 24.3 Å². The molecule has 2 aliphatic heterocycles. The van der Waals surface area contributed by atoms with E-state index in [0.717, 1.165) is 31.4 Å². The highest BCUT2D eigenvalue weighted by Gasteiger charge is 2.40. The molecule has 3 heterocycles. The summed E-state index contributed by atoms with van der Waals surface area (Å²) < 4.78 is 11.2. The van der Waals surface area contributed by atoms with Gasteiger partial charge in [-0.2, -0.15) is 5.01 Å². The van der Waals surface area contributed by atoms with Crippen LogP contribution in [0.5, 0.6) is 0 Å². The van der Waals surface area contributed by atoms with Crippen LogP contribution in [0.1, 0.15) is 86.7 Å². The molecule has 1 saturated carbocycles. The molecule has 1 aromatic heterocycles. The smallest absolute Gasteiger partial charge is 0.278 e. The van der Waals surface area contributed by atoms with E-state index in [0.29, 0.717) is 29.9 Å². The van der Waals surface area contributed by atoms with Crippen molar-refractivity contribution in [3.05, 3.63) is 28.4 Å². The Hall–Kier alpha value is -1.94. The number of hydrazine groups is 1. The highest BCUT2D eigenvalue weighted by atomic mass is 16.5. The van der Waals surface area contributed by atoms with Crippen LogP contribution in [0, 0.1) is 6.92 Å². The van der Waals surface area contributed by atoms with Crippen LogP contribution < -0.4 is 5.32 Å². The molecule has 172 valence electrons. The van der Waals surface area contributed by atoms with Gasteiger partial charge in [0, 0.05) is 24.4 Å². The number of allylic oxidation sites excluding steroid dienone is 1. The van der Waals surface area contributed by atoms with Crippen LogP contribution in [0.25, 0.3) is 0 Å². The van der Waals surface area contributed by atoms with E-state index >= 15 is 0 Å². The van der Waals surface area contributed by atoms with Gasteiger partial charge in [-0.1, -0.05) is 24.4 Å². The van der Waals surface area contributed by atoms with Crippen molar-refractivity contribution in [1.82, 2.24) is 20.5 Å². The maximum atomic E-state index is 13.0. The zero-order valence-corrected chi connectivity index (χ0v) is 18.8. The van der Waals surface area contributed by atoms with Crippen molar-refractivity contribution in [2.24, 2.45) is 0 Å². The first kappa shape index (κ1) is 22.3. The lowest BCUT2D eigenvalue weighted by Gasteiger charge is -2.38. The van der Waals surface area contributed by atoms with E-state index in [1.807, 2.05) is 24.0 Å². The SMILES string of the molecule is CC1=C(NC(=O)c2noc([C@@H]3CC[C@](C)(O)CO3)c2C)C(O)N(C2CCCCC2)N1C. The molecule has 9 nitrogen and oxygen atoms in total. The largest absolute Gasteiger partial charge is 0.388 e. The Balaban J connectivity index is 1.46. The second-order valence-corrected chi connectivity index (χ2v) is 9.38. The number of carbonyl (C=O) groups excluding carboxylic acids is 1. The molecule has 1 saturated heterocycles. The van der Waals surface area contributed by atoms with Gasteiger partial charge >= 0.3 is 0 Å². The van der Waals surface area contributed by atoms with E-state index in [4.69, 9.17) is 9.26 Å². The number of nitrogens with zero attached hydrogens (tertiary/aromatic N) is 3. The van der Waals surface area contributed by atoms with E-state index in [2.05, 4.69) is 10.5 Å².